The van der Waals surface area contributed by atoms with Crippen LogP contribution in [-0.2, 0) is 4.79 Å². The normalized spacial score (nSPS) is 23.7. The van der Waals surface area contributed by atoms with Crippen molar-refractivity contribution in [2.75, 3.05) is 0 Å². The number of carbonyl (C=O) groups excluding carboxylic acids is 1. The van der Waals surface area contributed by atoms with Gasteiger partial charge in [-0.1, -0.05) is 6.08 Å². The number of hydrogen-bond acceptors (Lipinski definition) is 1. The van der Waals surface area contributed by atoms with Crippen molar-refractivity contribution in [1.82, 2.24) is 0 Å². The Morgan fingerprint density at radius 2 is 2.14 bits per heavy atom. The monoisotopic (exact) mass is 92.0 g/mol. The van der Waals surface area contributed by atoms with Crippen LogP contribution in [0.5, 0.6) is 0 Å². The molecule has 0 radical (unpaired) electrons. The van der Waals surface area contributed by atoms with Crippen LogP contribution in [0.2, 0.25) is 0 Å². The van der Waals surface area contributed by atoms with Gasteiger partial charge in [0.1, 0.15) is 0 Å². The Kier molecular flexibility index (Phi) is 0.325. The molecule has 0 aromatic rings. The first kappa shape index (κ1) is 3.19. The standard InChI is InChI=1S/C6H4O/c7-6-3-4-1-5(6)2-4/h1,3H,2H2. The smallest absolute Gasteiger partial charge is 0.182 e. The lowest BCUT2D eigenvalue weighted by atomic mass is 10.0. The van der Waals surface area contributed by atoms with Crippen LogP contribution in [0.3, 0.4) is 0 Å². The fraction of sp³-hybridized carbons (Fsp3) is 0.167. The van der Waals surface area contributed by atoms with Crippen LogP contribution in [-0.4, -0.2) is 5.78 Å². The van der Waals surface area contributed by atoms with E-state index in [1.807, 2.05) is 6.08 Å². The van der Waals surface area contributed by atoms with E-state index in [9.17, 15) is 4.79 Å². The first-order valence-corrected chi connectivity index (χ1v) is 2.32. The molecule has 0 aliphatic heterocycles. The fourth-order valence-electron chi connectivity index (χ4n) is 0.927. The molecular weight excluding hydrogens is 88.1 g/mol. The minimum absolute atomic E-state index is 0.231. The quantitative estimate of drug-likeness (QED) is 0.432. The Morgan fingerprint density at radius 3 is 2.29 bits per heavy atom. The van der Waals surface area contributed by atoms with Crippen molar-refractivity contribution in [3.05, 3.63) is 23.3 Å². The first-order chi connectivity index (χ1) is 3.36. The Morgan fingerprint density at radius 1 is 1.43 bits per heavy atom. The lowest BCUT2D eigenvalue weighted by molar-refractivity contribution is -0.110. The average molecular weight is 92.1 g/mol. The maximum Gasteiger partial charge on any atom is 0.182 e. The summed E-state index contributed by atoms with van der Waals surface area (Å²) in [5.41, 5.74) is 2.20. The third-order valence-electron chi connectivity index (χ3n) is 1.39. The van der Waals surface area contributed by atoms with E-state index < -0.39 is 0 Å². The molecule has 0 saturated heterocycles. The van der Waals surface area contributed by atoms with Crippen LogP contribution >= 0.6 is 0 Å². The second kappa shape index (κ2) is 0.713. The van der Waals surface area contributed by atoms with Gasteiger partial charge in [-0.05, 0) is 11.6 Å². The van der Waals surface area contributed by atoms with E-state index in [4.69, 9.17) is 0 Å². The molecule has 0 atom stereocenters. The van der Waals surface area contributed by atoms with E-state index in [0.29, 0.717) is 0 Å². The van der Waals surface area contributed by atoms with Gasteiger partial charge < -0.3 is 0 Å². The topological polar surface area (TPSA) is 17.1 Å². The van der Waals surface area contributed by atoms with E-state index >= 15 is 0 Å². The van der Waals surface area contributed by atoms with Gasteiger partial charge in [-0.3, -0.25) is 4.79 Å². The second-order valence-electron chi connectivity index (χ2n) is 1.93. The van der Waals surface area contributed by atoms with Crippen molar-refractivity contribution < 1.29 is 4.79 Å². The van der Waals surface area contributed by atoms with E-state index in [1.54, 1.807) is 6.08 Å². The van der Waals surface area contributed by atoms with Gasteiger partial charge in [0.05, 0.1) is 0 Å². The average Bonchev–Trinajstić information content (AvgIpc) is 1.85. The summed E-state index contributed by atoms with van der Waals surface area (Å²) < 4.78 is 0. The molecule has 1 heteroatoms. The molecular formula is C6H4O. The van der Waals surface area contributed by atoms with Crippen molar-refractivity contribution in [2.24, 2.45) is 0 Å². The largest absolute Gasteiger partial charge is 0.290 e. The molecule has 0 aromatic heterocycles. The highest BCUT2D eigenvalue weighted by Crippen LogP contribution is 2.32. The third kappa shape index (κ3) is 0.223. The van der Waals surface area contributed by atoms with Gasteiger partial charge in [0.15, 0.2) is 5.78 Å². The number of ketones is 1. The minimum atomic E-state index is 0.231. The SMILES string of the molecule is O=C1C=C2C=C1C2. The Labute approximate surface area is 41.3 Å². The zero-order valence-electron chi connectivity index (χ0n) is 3.77. The van der Waals surface area contributed by atoms with Crippen LogP contribution in [0.4, 0.5) is 0 Å². The van der Waals surface area contributed by atoms with Gasteiger partial charge in [-0.2, -0.15) is 0 Å². The zero-order chi connectivity index (χ0) is 4.85. The Bertz CT molecular complexity index is 180. The van der Waals surface area contributed by atoms with Gasteiger partial charge in [0, 0.05) is 12.0 Å². The van der Waals surface area contributed by atoms with E-state index in [1.165, 1.54) is 5.57 Å². The Hall–Kier alpha value is -0.850. The number of rotatable bonds is 0. The molecule has 3 aliphatic rings. The van der Waals surface area contributed by atoms with Gasteiger partial charge in [-0.25, -0.2) is 0 Å². The molecule has 1 nitrogen and oxygen atoms in total. The highest BCUT2D eigenvalue weighted by Gasteiger charge is 2.24. The van der Waals surface area contributed by atoms with Crippen molar-refractivity contribution in [3.8, 4) is 0 Å². The van der Waals surface area contributed by atoms with Crippen molar-refractivity contribution in [3.63, 3.8) is 0 Å². The predicted molar refractivity (Wildman–Crippen MR) is 25.8 cm³/mol. The van der Waals surface area contributed by atoms with Gasteiger partial charge in [0.25, 0.3) is 0 Å². The molecule has 2 bridgehead atoms. The summed E-state index contributed by atoms with van der Waals surface area (Å²) in [5.74, 6) is 0.231. The van der Waals surface area contributed by atoms with Crippen LogP contribution < -0.4 is 0 Å². The van der Waals surface area contributed by atoms with Crippen LogP contribution in [0, 0.1) is 0 Å². The molecule has 3 aliphatic carbocycles. The van der Waals surface area contributed by atoms with Gasteiger partial charge in [-0.15, -0.1) is 0 Å². The van der Waals surface area contributed by atoms with Gasteiger partial charge >= 0.3 is 0 Å². The van der Waals surface area contributed by atoms with Crippen molar-refractivity contribution >= 4 is 5.78 Å². The summed E-state index contributed by atoms with van der Waals surface area (Å²) in [6.07, 6.45) is 4.59. The Balaban J connectivity index is 2.67. The lowest BCUT2D eigenvalue weighted by Crippen LogP contribution is -1.93. The molecule has 0 amide bonds. The molecule has 0 fully saturated rings. The molecule has 7 heavy (non-hydrogen) atoms. The molecule has 34 valence electrons. The minimum Gasteiger partial charge on any atom is -0.290 e. The summed E-state index contributed by atoms with van der Waals surface area (Å²) in [5, 5.41) is 0. The summed E-state index contributed by atoms with van der Waals surface area (Å²) >= 11 is 0. The predicted octanol–water partition coefficient (Wildman–Crippen LogP) is 0.826. The van der Waals surface area contributed by atoms with Crippen molar-refractivity contribution in [2.45, 2.75) is 6.42 Å². The first-order valence-electron chi connectivity index (χ1n) is 2.32. The van der Waals surface area contributed by atoms with Crippen LogP contribution in [0.25, 0.3) is 0 Å². The number of allylic oxidation sites excluding steroid dienone is 4. The fourth-order valence-corrected chi connectivity index (χ4v) is 0.927. The molecule has 0 spiro atoms. The number of carbonyl (C=O) groups is 1. The zero-order valence-corrected chi connectivity index (χ0v) is 3.77. The summed E-state index contributed by atoms with van der Waals surface area (Å²) in [4.78, 5) is 10.5. The molecule has 0 N–H and O–H groups in total. The lowest BCUT2D eigenvalue weighted by Gasteiger charge is -2.02. The third-order valence-corrected chi connectivity index (χ3v) is 1.39. The molecule has 0 aromatic carbocycles. The van der Waals surface area contributed by atoms with Crippen molar-refractivity contribution in [1.29, 1.82) is 0 Å². The second-order valence-corrected chi connectivity index (χ2v) is 1.93. The molecule has 0 saturated carbocycles. The highest BCUT2D eigenvalue weighted by molar-refractivity contribution is 6.12. The highest BCUT2D eigenvalue weighted by atomic mass is 16.1. The summed E-state index contributed by atoms with van der Waals surface area (Å²) in [6.45, 7) is 0. The molecule has 0 unspecified atom stereocenters. The maximum atomic E-state index is 10.5. The van der Waals surface area contributed by atoms with Crippen LogP contribution in [0.15, 0.2) is 23.3 Å². The van der Waals surface area contributed by atoms with E-state index in [2.05, 4.69) is 0 Å². The summed E-state index contributed by atoms with van der Waals surface area (Å²) in [7, 11) is 0. The van der Waals surface area contributed by atoms with Gasteiger partial charge in [0.2, 0.25) is 0 Å². The van der Waals surface area contributed by atoms with E-state index in [0.717, 1.165) is 12.0 Å². The maximum absolute atomic E-state index is 10.5. The molecule has 0 heterocycles. The van der Waals surface area contributed by atoms with Crippen LogP contribution in [0.1, 0.15) is 6.42 Å². The summed E-state index contributed by atoms with van der Waals surface area (Å²) in [6, 6.07) is 0. The number of hydrogen-bond donors (Lipinski definition) is 0. The molecule has 3 rings (SSSR count). The van der Waals surface area contributed by atoms with E-state index in [-0.39, 0.29) is 5.78 Å². The number of fused-ring (bicyclic) bond motifs is 1.